The monoisotopic (exact) mass is 506 g/mol. The molecule has 13 heteroatoms. The molecule has 0 aromatic heterocycles. The molecule has 1 saturated heterocycles. The van der Waals surface area contributed by atoms with Crippen LogP contribution in [0.5, 0.6) is 0 Å². The van der Waals surface area contributed by atoms with E-state index in [4.69, 9.17) is 15.2 Å². The van der Waals surface area contributed by atoms with Gasteiger partial charge in [-0.3, -0.25) is 14.5 Å². The Kier molecular flexibility index (Phi) is 7.58. The number of nitrogens with zero attached hydrogens (tertiary/aromatic N) is 1. The van der Waals surface area contributed by atoms with Gasteiger partial charge in [-0.25, -0.2) is 14.4 Å². The average molecular weight is 507 g/mol. The van der Waals surface area contributed by atoms with Crippen molar-refractivity contribution in [2.75, 3.05) is 12.4 Å². The third-order valence-corrected chi connectivity index (χ3v) is 6.33. The fraction of sp³-hybridized carbons (Fsp3) is 0.409. The predicted molar refractivity (Wildman–Crippen MR) is 124 cm³/mol. The summed E-state index contributed by atoms with van der Waals surface area (Å²) < 4.78 is 9.95. The van der Waals surface area contributed by atoms with Crippen molar-refractivity contribution in [3.63, 3.8) is 0 Å². The van der Waals surface area contributed by atoms with Crippen LogP contribution in [0.25, 0.3) is 0 Å². The highest BCUT2D eigenvalue weighted by Crippen LogP contribution is 2.40. The Hall–Kier alpha value is -3.74. The molecule has 2 aliphatic heterocycles. The summed E-state index contributed by atoms with van der Waals surface area (Å²) in [6.45, 7) is 4.68. The number of nitrogens with one attached hydrogen (secondary N) is 2. The number of carbonyl (C=O) groups is 5. The minimum Gasteiger partial charge on any atom is -0.477 e. The normalized spacial score (nSPS) is 20.2. The highest BCUT2D eigenvalue weighted by atomic mass is 32.2. The smallest absolute Gasteiger partial charge is 0.408 e. The second-order valence-corrected chi connectivity index (χ2v) is 9.86. The number of ether oxygens (including phenoxy) is 2. The van der Waals surface area contributed by atoms with Gasteiger partial charge in [0.15, 0.2) is 0 Å². The third kappa shape index (κ3) is 6.04. The van der Waals surface area contributed by atoms with E-state index in [1.807, 2.05) is 0 Å². The van der Waals surface area contributed by atoms with Gasteiger partial charge in [-0.05, 0) is 26.3 Å². The summed E-state index contributed by atoms with van der Waals surface area (Å²) >= 11 is 1.20. The van der Waals surface area contributed by atoms with Gasteiger partial charge in [-0.2, -0.15) is 0 Å². The zero-order valence-electron chi connectivity index (χ0n) is 19.3. The molecule has 0 saturated carbocycles. The van der Waals surface area contributed by atoms with Crippen LogP contribution in [0.2, 0.25) is 0 Å². The first-order valence-electron chi connectivity index (χ1n) is 10.6. The highest BCUT2D eigenvalue weighted by molar-refractivity contribution is 8.00. The number of fused-ring (bicyclic) bond motifs is 1. The number of carboxylic acids is 1. The van der Waals surface area contributed by atoms with Crippen LogP contribution in [-0.2, 0) is 23.9 Å². The van der Waals surface area contributed by atoms with Crippen molar-refractivity contribution >= 4 is 41.7 Å². The summed E-state index contributed by atoms with van der Waals surface area (Å²) in [5.74, 6) is -2.53. The summed E-state index contributed by atoms with van der Waals surface area (Å²) in [6.07, 6.45) is -1.89. The van der Waals surface area contributed by atoms with Gasteiger partial charge >= 0.3 is 18.2 Å². The van der Waals surface area contributed by atoms with Crippen LogP contribution in [0.1, 0.15) is 32.4 Å². The van der Waals surface area contributed by atoms with Crippen LogP contribution < -0.4 is 16.4 Å². The second kappa shape index (κ2) is 10.3. The Bertz CT molecular complexity index is 1070. The first kappa shape index (κ1) is 25.9. The zero-order valence-corrected chi connectivity index (χ0v) is 20.1. The van der Waals surface area contributed by atoms with E-state index in [0.717, 1.165) is 4.90 Å². The van der Waals surface area contributed by atoms with E-state index in [9.17, 15) is 29.1 Å². The van der Waals surface area contributed by atoms with Gasteiger partial charge < -0.3 is 30.9 Å². The lowest BCUT2D eigenvalue weighted by Crippen LogP contribution is -2.71. The maximum Gasteiger partial charge on any atom is 0.408 e. The van der Waals surface area contributed by atoms with Gasteiger partial charge in [0.1, 0.15) is 35.4 Å². The molecule has 1 aromatic rings. The van der Waals surface area contributed by atoms with Gasteiger partial charge in [0, 0.05) is 11.3 Å². The van der Waals surface area contributed by atoms with E-state index >= 15 is 0 Å². The standard InChI is InChI=1S/C22H26N4O8S/c1-22(2,3)34-21(32)25-13(11-7-5-4-6-8-11)16(27)24-14-17(28)26-15(19(29)30)12(9-33-20(23)31)10-35-18(14)26/h4-8,13-14,18H,9-10H2,1-3H3,(H2,23,31)(H,24,27)(H,25,32)(H,29,30)/t13?,14?,18-/m0/s1. The van der Waals surface area contributed by atoms with Crippen LogP contribution in [0.15, 0.2) is 41.6 Å². The number of carbonyl (C=O) groups excluding carboxylic acids is 4. The fourth-order valence-electron chi connectivity index (χ4n) is 3.56. The van der Waals surface area contributed by atoms with Crippen LogP contribution in [0.4, 0.5) is 9.59 Å². The molecule has 0 aliphatic carbocycles. The minimum absolute atomic E-state index is 0.147. The number of rotatable bonds is 7. The number of hydrogen-bond donors (Lipinski definition) is 4. The molecule has 5 N–H and O–H groups in total. The Labute approximate surface area is 205 Å². The third-order valence-electron chi connectivity index (χ3n) is 4.99. The van der Waals surface area contributed by atoms with E-state index in [1.54, 1.807) is 51.1 Å². The van der Waals surface area contributed by atoms with Gasteiger partial charge in [-0.15, -0.1) is 11.8 Å². The number of primary amides is 1. The predicted octanol–water partition coefficient (Wildman–Crippen LogP) is 1.09. The summed E-state index contributed by atoms with van der Waals surface area (Å²) in [5, 5.41) is 14.1. The van der Waals surface area contributed by atoms with Gasteiger partial charge in [0.2, 0.25) is 5.91 Å². The van der Waals surface area contributed by atoms with Crippen molar-refractivity contribution in [2.45, 2.75) is 43.8 Å². The van der Waals surface area contributed by atoms with Crippen molar-refractivity contribution in [3.8, 4) is 0 Å². The summed E-state index contributed by atoms with van der Waals surface area (Å²) in [6, 6.07) is 6.24. The van der Waals surface area contributed by atoms with Gasteiger partial charge in [0.05, 0.1) is 0 Å². The SMILES string of the molecule is CC(C)(C)OC(=O)NC(C(=O)NC1C(=O)N2C(C(=O)O)=C(COC(N)=O)CS[C@@H]12)c1ccccc1. The van der Waals surface area contributed by atoms with Crippen LogP contribution in [-0.4, -0.2) is 69.4 Å². The summed E-state index contributed by atoms with van der Waals surface area (Å²) in [7, 11) is 0. The number of nitrogens with two attached hydrogens (primary N) is 1. The largest absolute Gasteiger partial charge is 0.477 e. The Morgan fingerprint density at radius 1 is 1.23 bits per heavy atom. The zero-order chi connectivity index (χ0) is 25.9. The van der Waals surface area contributed by atoms with Crippen molar-refractivity contribution in [1.29, 1.82) is 0 Å². The number of β-lactam (4-membered cyclic amide) rings is 1. The number of alkyl carbamates (subject to hydrolysis) is 1. The lowest BCUT2D eigenvalue weighted by molar-refractivity contribution is -0.151. The maximum absolute atomic E-state index is 13.2. The topological polar surface area (TPSA) is 177 Å². The number of benzene rings is 1. The average Bonchev–Trinajstić information content (AvgIpc) is 2.77. The van der Waals surface area contributed by atoms with Gasteiger partial charge in [0.25, 0.3) is 5.91 Å². The molecule has 2 aliphatic rings. The molecular weight excluding hydrogens is 480 g/mol. The molecule has 0 bridgehead atoms. The molecule has 0 spiro atoms. The van der Waals surface area contributed by atoms with Crippen molar-refractivity contribution < 1.29 is 38.6 Å². The fourth-order valence-corrected chi connectivity index (χ4v) is 4.89. The van der Waals surface area contributed by atoms with Crippen molar-refractivity contribution in [3.05, 3.63) is 47.2 Å². The molecule has 4 amide bonds. The minimum atomic E-state index is -1.37. The Morgan fingerprint density at radius 3 is 2.46 bits per heavy atom. The van der Waals surface area contributed by atoms with Crippen molar-refractivity contribution in [1.82, 2.24) is 15.5 Å². The lowest BCUT2D eigenvalue weighted by Gasteiger charge is -2.49. The molecule has 1 fully saturated rings. The molecular formula is C22H26N4O8S. The summed E-state index contributed by atoms with van der Waals surface area (Å²) in [4.78, 5) is 62.2. The van der Waals surface area contributed by atoms with Gasteiger partial charge in [-0.1, -0.05) is 30.3 Å². The van der Waals surface area contributed by atoms with E-state index in [1.165, 1.54) is 11.8 Å². The number of amides is 4. The van der Waals surface area contributed by atoms with E-state index < -0.39 is 53.0 Å². The second-order valence-electron chi connectivity index (χ2n) is 8.75. The molecule has 3 rings (SSSR count). The maximum atomic E-state index is 13.2. The van der Waals surface area contributed by atoms with Crippen LogP contribution in [0, 0.1) is 0 Å². The lowest BCUT2D eigenvalue weighted by atomic mass is 10.0. The first-order valence-corrected chi connectivity index (χ1v) is 11.6. The van der Waals surface area contributed by atoms with Crippen molar-refractivity contribution in [2.24, 2.45) is 5.73 Å². The first-order chi connectivity index (χ1) is 16.4. The number of thioether (sulfide) groups is 1. The molecule has 2 heterocycles. The van der Waals surface area contributed by atoms with Crippen LogP contribution >= 0.6 is 11.8 Å². The van der Waals surface area contributed by atoms with E-state index in [0.29, 0.717) is 5.56 Å². The van der Waals surface area contributed by atoms with E-state index in [2.05, 4.69) is 10.6 Å². The molecule has 2 unspecified atom stereocenters. The molecule has 1 aromatic carbocycles. The molecule has 35 heavy (non-hydrogen) atoms. The van der Waals surface area contributed by atoms with Crippen LogP contribution in [0.3, 0.4) is 0 Å². The number of hydrogen-bond acceptors (Lipinski definition) is 8. The van der Waals surface area contributed by atoms with E-state index in [-0.39, 0.29) is 23.6 Å². The quantitative estimate of drug-likeness (QED) is 0.394. The Morgan fingerprint density at radius 2 is 1.89 bits per heavy atom. The molecule has 188 valence electrons. The summed E-state index contributed by atoms with van der Waals surface area (Å²) in [5.41, 5.74) is 4.53. The highest BCUT2D eigenvalue weighted by Gasteiger charge is 2.54. The Balaban J connectivity index is 1.77. The number of carboxylic acid groups (broad SMARTS) is 1. The molecule has 12 nitrogen and oxygen atoms in total. The molecule has 3 atom stereocenters. The number of aliphatic carboxylic acids is 1. The molecule has 0 radical (unpaired) electrons.